The van der Waals surface area contributed by atoms with Crippen LogP contribution in [-0.2, 0) is 4.79 Å². The van der Waals surface area contributed by atoms with E-state index in [-0.39, 0.29) is 36.8 Å². The molecule has 0 spiro atoms. The zero-order valence-electron chi connectivity index (χ0n) is 11.9. The Morgan fingerprint density at radius 3 is 2.24 bits per heavy atom. The van der Waals surface area contributed by atoms with Crippen molar-refractivity contribution in [3.05, 3.63) is 36.9 Å². The van der Waals surface area contributed by atoms with Gasteiger partial charge in [0.25, 0.3) is 0 Å². The van der Waals surface area contributed by atoms with E-state index in [9.17, 15) is 9.59 Å². The summed E-state index contributed by atoms with van der Waals surface area (Å²) in [5, 5.41) is 7.98. The van der Waals surface area contributed by atoms with E-state index in [4.69, 9.17) is 5.73 Å². The molecule has 0 aromatic heterocycles. The minimum absolute atomic E-state index is 0. The molecule has 21 heavy (non-hydrogen) atoms. The smallest absolute Gasteiger partial charge is 0.319 e. The molecule has 1 unspecified atom stereocenters. The first-order valence-electron chi connectivity index (χ1n) is 6.32. The van der Waals surface area contributed by atoms with Crippen LogP contribution in [0.2, 0.25) is 0 Å². The number of anilines is 2. The molecule has 7 heteroatoms. The van der Waals surface area contributed by atoms with E-state index in [0.717, 1.165) is 0 Å². The molecule has 5 N–H and O–H groups in total. The number of nitrogens with one attached hydrogen (secondary N) is 3. The highest BCUT2D eigenvalue weighted by Crippen LogP contribution is 2.13. The fourth-order valence-corrected chi connectivity index (χ4v) is 1.48. The molecular weight excluding hydrogens is 292 g/mol. The first kappa shape index (κ1) is 18.9. The highest BCUT2D eigenvalue weighted by atomic mass is 35.5. The number of benzene rings is 1. The molecule has 0 aliphatic heterocycles. The Kier molecular flexibility index (Phi) is 8.84. The van der Waals surface area contributed by atoms with Gasteiger partial charge in [-0.25, -0.2) is 4.79 Å². The van der Waals surface area contributed by atoms with Gasteiger partial charge in [-0.05, 0) is 31.2 Å². The summed E-state index contributed by atoms with van der Waals surface area (Å²) < 4.78 is 0. The van der Waals surface area contributed by atoms with Gasteiger partial charge >= 0.3 is 6.03 Å². The Morgan fingerprint density at radius 1 is 1.24 bits per heavy atom. The minimum Gasteiger partial charge on any atom is -0.334 e. The van der Waals surface area contributed by atoms with Crippen LogP contribution >= 0.6 is 12.4 Å². The summed E-state index contributed by atoms with van der Waals surface area (Å²) in [6.07, 6.45) is 1.86. The average molecular weight is 313 g/mol. The third-order valence-corrected chi connectivity index (χ3v) is 2.34. The van der Waals surface area contributed by atoms with Crippen molar-refractivity contribution in [1.82, 2.24) is 5.32 Å². The summed E-state index contributed by atoms with van der Waals surface area (Å²) in [6, 6.07) is 6.34. The van der Waals surface area contributed by atoms with Crippen molar-refractivity contribution >= 4 is 35.7 Å². The van der Waals surface area contributed by atoms with Gasteiger partial charge in [-0.2, -0.15) is 0 Å². The Morgan fingerprint density at radius 2 is 1.76 bits per heavy atom. The van der Waals surface area contributed by atoms with Crippen molar-refractivity contribution < 1.29 is 9.59 Å². The van der Waals surface area contributed by atoms with Crippen LogP contribution in [0.5, 0.6) is 0 Å². The van der Waals surface area contributed by atoms with E-state index in [2.05, 4.69) is 22.5 Å². The van der Waals surface area contributed by atoms with Crippen molar-refractivity contribution in [3.63, 3.8) is 0 Å². The first-order chi connectivity index (χ1) is 9.51. The standard InChI is InChI=1S/C14H20N4O2.ClH/c1-3-8-16-14(20)18-12-6-4-11(5-7-12)17-13(19)9-10(2)15;/h3-7,10H,1,8-9,15H2,2H3,(H,17,19)(H2,16,18,20);1H. The number of hydrogen-bond donors (Lipinski definition) is 4. The predicted octanol–water partition coefficient (Wildman–Crippen LogP) is 2.09. The van der Waals surface area contributed by atoms with Gasteiger partial charge in [-0.15, -0.1) is 19.0 Å². The molecule has 0 saturated carbocycles. The van der Waals surface area contributed by atoms with Crippen LogP contribution in [-0.4, -0.2) is 24.5 Å². The van der Waals surface area contributed by atoms with E-state index in [1.54, 1.807) is 37.3 Å². The summed E-state index contributed by atoms with van der Waals surface area (Å²) >= 11 is 0. The van der Waals surface area contributed by atoms with Gasteiger partial charge in [0.15, 0.2) is 0 Å². The SMILES string of the molecule is C=CCNC(=O)Nc1ccc(NC(=O)CC(C)N)cc1.Cl. The van der Waals surface area contributed by atoms with Crippen LogP contribution in [0.1, 0.15) is 13.3 Å². The molecule has 0 aliphatic rings. The van der Waals surface area contributed by atoms with Gasteiger partial charge in [-0.1, -0.05) is 6.08 Å². The lowest BCUT2D eigenvalue weighted by Gasteiger charge is -2.09. The van der Waals surface area contributed by atoms with Crippen molar-refractivity contribution in [2.24, 2.45) is 5.73 Å². The van der Waals surface area contributed by atoms with Crippen LogP contribution in [0.25, 0.3) is 0 Å². The normalized spacial score (nSPS) is 10.8. The molecular formula is C14H21ClN4O2. The fourth-order valence-electron chi connectivity index (χ4n) is 1.48. The lowest BCUT2D eigenvalue weighted by Crippen LogP contribution is -2.28. The third kappa shape index (κ3) is 7.96. The van der Waals surface area contributed by atoms with Gasteiger partial charge in [0.2, 0.25) is 5.91 Å². The summed E-state index contributed by atoms with van der Waals surface area (Å²) in [6.45, 7) is 5.68. The zero-order chi connectivity index (χ0) is 15.0. The Labute approximate surface area is 130 Å². The molecule has 0 aliphatic carbocycles. The lowest BCUT2D eigenvalue weighted by molar-refractivity contribution is -0.116. The van der Waals surface area contributed by atoms with Crippen molar-refractivity contribution in [3.8, 4) is 0 Å². The Balaban J connectivity index is 0.00000400. The predicted molar refractivity (Wildman–Crippen MR) is 87.8 cm³/mol. The van der Waals surface area contributed by atoms with Crippen molar-refractivity contribution in [2.45, 2.75) is 19.4 Å². The quantitative estimate of drug-likeness (QED) is 0.606. The van der Waals surface area contributed by atoms with E-state index < -0.39 is 0 Å². The number of urea groups is 1. The summed E-state index contributed by atoms with van der Waals surface area (Å²) in [5.41, 5.74) is 6.84. The van der Waals surface area contributed by atoms with E-state index in [0.29, 0.717) is 17.9 Å². The van der Waals surface area contributed by atoms with Crippen LogP contribution < -0.4 is 21.7 Å². The van der Waals surface area contributed by atoms with Gasteiger partial charge in [0.05, 0.1) is 0 Å². The molecule has 0 fully saturated rings. The van der Waals surface area contributed by atoms with E-state index in [1.165, 1.54) is 0 Å². The first-order valence-corrected chi connectivity index (χ1v) is 6.32. The molecule has 116 valence electrons. The van der Waals surface area contributed by atoms with Crippen LogP contribution in [0.3, 0.4) is 0 Å². The summed E-state index contributed by atoms with van der Waals surface area (Å²) in [4.78, 5) is 22.9. The summed E-state index contributed by atoms with van der Waals surface area (Å²) in [7, 11) is 0. The molecule has 0 heterocycles. The summed E-state index contributed by atoms with van der Waals surface area (Å²) in [5.74, 6) is -0.135. The number of halogens is 1. The van der Waals surface area contributed by atoms with Crippen molar-refractivity contribution in [2.75, 3.05) is 17.2 Å². The second-order valence-electron chi connectivity index (χ2n) is 4.43. The minimum atomic E-state index is -0.307. The maximum atomic E-state index is 11.5. The second kappa shape index (κ2) is 9.79. The molecule has 1 rings (SSSR count). The number of carbonyl (C=O) groups is 2. The maximum Gasteiger partial charge on any atom is 0.319 e. The molecule has 0 bridgehead atoms. The van der Waals surface area contributed by atoms with Crippen LogP contribution in [0.4, 0.5) is 16.2 Å². The van der Waals surface area contributed by atoms with E-state index in [1.807, 2.05) is 0 Å². The Hall–Kier alpha value is -2.05. The van der Waals surface area contributed by atoms with Crippen molar-refractivity contribution in [1.29, 1.82) is 0 Å². The molecule has 1 aromatic carbocycles. The van der Waals surface area contributed by atoms with Gasteiger partial charge < -0.3 is 21.7 Å². The molecule has 3 amide bonds. The van der Waals surface area contributed by atoms with Gasteiger partial charge in [0.1, 0.15) is 0 Å². The number of rotatable bonds is 6. The molecule has 6 nitrogen and oxygen atoms in total. The number of carbonyl (C=O) groups excluding carboxylic acids is 2. The second-order valence-corrected chi connectivity index (χ2v) is 4.43. The average Bonchev–Trinajstić information content (AvgIpc) is 2.37. The zero-order valence-corrected chi connectivity index (χ0v) is 12.7. The lowest BCUT2D eigenvalue weighted by atomic mass is 10.2. The number of nitrogens with two attached hydrogens (primary N) is 1. The largest absolute Gasteiger partial charge is 0.334 e. The highest BCUT2D eigenvalue weighted by Gasteiger charge is 2.05. The molecule has 0 radical (unpaired) electrons. The van der Waals surface area contributed by atoms with Gasteiger partial charge in [-0.3, -0.25) is 4.79 Å². The third-order valence-electron chi connectivity index (χ3n) is 2.34. The highest BCUT2D eigenvalue weighted by molar-refractivity contribution is 5.92. The van der Waals surface area contributed by atoms with Crippen LogP contribution in [0.15, 0.2) is 36.9 Å². The fraction of sp³-hybridized carbons (Fsp3) is 0.286. The van der Waals surface area contributed by atoms with E-state index >= 15 is 0 Å². The number of hydrogen-bond acceptors (Lipinski definition) is 3. The van der Waals surface area contributed by atoms with Gasteiger partial charge in [0, 0.05) is 30.4 Å². The maximum absolute atomic E-state index is 11.5. The molecule has 1 aromatic rings. The van der Waals surface area contributed by atoms with Crippen LogP contribution in [0, 0.1) is 0 Å². The topological polar surface area (TPSA) is 96.2 Å². The molecule has 0 saturated heterocycles. The number of amides is 3. The Bertz CT molecular complexity index is 474. The molecule has 1 atom stereocenters. The monoisotopic (exact) mass is 312 g/mol.